The lowest BCUT2D eigenvalue weighted by Crippen LogP contribution is -2.43. The fraction of sp³-hybridized carbons (Fsp3) is 0.381. The van der Waals surface area contributed by atoms with Crippen molar-refractivity contribution in [1.29, 1.82) is 0 Å². The predicted molar refractivity (Wildman–Crippen MR) is 112 cm³/mol. The standard InChI is InChI=1S/C21H25ClN2O3S/c1-21(2)12-7-13-24(15-21)20(25)18-11-10-16(14-19(18)22)23(3)28(26,27)17-8-5-4-6-9-17/h4-6,8-11,14H,7,12-13,15H2,1-3H3. The maximum Gasteiger partial charge on any atom is 0.264 e. The first-order valence-corrected chi connectivity index (χ1v) is 11.1. The minimum atomic E-state index is -3.70. The number of anilines is 1. The van der Waals surface area contributed by atoms with Gasteiger partial charge in [0.1, 0.15) is 0 Å². The average molecular weight is 421 g/mol. The Balaban J connectivity index is 1.85. The van der Waals surface area contributed by atoms with Gasteiger partial charge in [0, 0.05) is 20.1 Å². The molecule has 1 amide bonds. The molecule has 1 aliphatic rings. The van der Waals surface area contributed by atoms with Crippen LogP contribution in [0.3, 0.4) is 0 Å². The van der Waals surface area contributed by atoms with E-state index in [0.29, 0.717) is 24.3 Å². The summed E-state index contributed by atoms with van der Waals surface area (Å²) in [6.45, 7) is 5.70. The zero-order valence-electron chi connectivity index (χ0n) is 16.4. The normalized spacial score (nSPS) is 16.6. The number of piperidine rings is 1. The zero-order chi connectivity index (χ0) is 20.5. The van der Waals surface area contributed by atoms with Gasteiger partial charge in [-0.05, 0) is 48.6 Å². The Kier molecular flexibility index (Phi) is 5.73. The molecule has 5 nitrogen and oxygen atoms in total. The molecule has 28 heavy (non-hydrogen) atoms. The van der Waals surface area contributed by atoms with Crippen molar-refractivity contribution >= 4 is 33.2 Å². The van der Waals surface area contributed by atoms with Gasteiger partial charge in [0.05, 0.1) is 21.2 Å². The van der Waals surface area contributed by atoms with Crippen LogP contribution in [0, 0.1) is 5.41 Å². The van der Waals surface area contributed by atoms with Crippen LogP contribution in [0.25, 0.3) is 0 Å². The second-order valence-corrected chi connectivity index (χ2v) is 10.3. The molecule has 1 fully saturated rings. The molecule has 3 rings (SSSR count). The van der Waals surface area contributed by atoms with Crippen LogP contribution in [-0.2, 0) is 10.0 Å². The third kappa shape index (κ3) is 4.18. The molecular weight excluding hydrogens is 396 g/mol. The van der Waals surface area contributed by atoms with Crippen molar-refractivity contribution in [1.82, 2.24) is 4.90 Å². The summed E-state index contributed by atoms with van der Waals surface area (Å²) in [4.78, 5) is 14.9. The lowest BCUT2D eigenvalue weighted by atomic mass is 9.84. The van der Waals surface area contributed by atoms with E-state index in [1.807, 2.05) is 4.90 Å². The Morgan fingerprint density at radius 3 is 2.43 bits per heavy atom. The Bertz CT molecular complexity index is 974. The molecule has 0 radical (unpaired) electrons. The number of hydrogen-bond donors (Lipinski definition) is 0. The van der Waals surface area contributed by atoms with Crippen LogP contribution in [0.1, 0.15) is 37.0 Å². The number of rotatable bonds is 4. The van der Waals surface area contributed by atoms with Crippen molar-refractivity contribution in [3.05, 3.63) is 59.1 Å². The molecule has 0 unspecified atom stereocenters. The van der Waals surface area contributed by atoms with Crippen molar-refractivity contribution in [3.63, 3.8) is 0 Å². The number of benzene rings is 2. The van der Waals surface area contributed by atoms with E-state index in [1.54, 1.807) is 42.5 Å². The highest BCUT2D eigenvalue weighted by molar-refractivity contribution is 7.92. The highest BCUT2D eigenvalue weighted by Crippen LogP contribution is 2.32. The van der Waals surface area contributed by atoms with Gasteiger partial charge in [0.15, 0.2) is 0 Å². The molecule has 150 valence electrons. The third-order valence-corrected chi connectivity index (χ3v) is 7.25. The van der Waals surface area contributed by atoms with E-state index < -0.39 is 10.0 Å². The highest BCUT2D eigenvalue weighted by atomic mass is 35.5. The fourth-order valence-corrected chi connectivity index (χ4v) is 4.99. The van der Waals surface area contributed by atoms with E-state index in [2.05, 4.69) is 13.8 Å². The summed E-state index contributed by atoms with van der Waals surface area (Å²) in [5.41, 5.74) is 0.891. The summed E-state index contributed by atoms with van der Waals surface area (Å²) in [5, 5.41) is 0.251. The van der Waals surface area contributed by atoms with E-state index in [0.717, 1.165) is 12.8 Å². The Morgan fingerprint density at radius 1 is 1.14 bits per heavy atom. The van der Waals surface area contributed by atoms with Gasteiger partial charge in [-0.2, -0.15) is 0 Å². The number of halogens is 1. The van der Waals surface area contributed by atoms with E-state index in [4.69, 9.17) is 11.6 Å². The molecule has 0 spiro atoms. The highest BCUT2D eigenvalue weighted by Gasteiger charge is 2.30. The fourth-order valence-electron chi connectivity index (χ4n) is 3.53. The van der Waals surface area contributed by atoms with Crippen LogP contribution in [0.2, 0.25) is 5.02 Å². The van der Waals surface area contributed by atoms with Crippen molar-refractivity contribution in [2.75, 3.05) is 24.4 Å². The van der Waals surface area contributed by atoms with Gasteiger partial charge < -0.3 is 4.90 Å². The van der Waals surface area contributed by atoms with Crippen LogP contribution in [0.4, 0.5) is 5.69 Å². The van der Waals surface area contributed by atoms with Crippen LogP contribution >= 0.6 is 11.6 Å². The molecule has 2 aromatic carbocycles. The minimum Gasteiger partial charge on any atom is -0.338 e. The van der Waals surface area contributed by atoms with E-state index in [-0.39, 0.29) is 21.2 Å². The number of likely N-dealkylation sites (tertiary alicyclic amines) is 1. The predicted octanol–water partition coefficient (Wildman–Crippen LogP) is 4.43. The van der Waals surface area contributed by atoms with Gasteiger partial charge in [-0.1, -0.05) is 43.6 Å². The number of carbonyl (C=O) groups is 1. The number of sulfonamides is 1. The number of nitrogens with zero attached hydrogens (tertiary/aromatic N) is 2. The van der Waals surface area contributed by atoms with Crippen molar-refractivity contribution in [3.8, 4) is 0 Å². The smallest absolute Gasteiger partial charge is 0.264 e. The van der Waals surface area contributed by atoms with Gasteiger partial charge in [0.25, 0.3) is 15.9 Å². The molecule has 0 saturated carbocycles. The quantitative estimate of drug-likeness (QED) is 0.735. The number of amides is 1. The second kappa shape index (κ2) is 7.76. The van der Waals surface area contributed by atoms with Gasteiger partial charge >= 0.3 is 0 Å². The van der Waals surface area contributed by atoms with Gasteiger partial charge in [-0.15, -0.1) is 0 Å². The average Bonchev–Trinajstić information content (AvgIpc) is 2.66. The van der Waals surface area contributed by atoms with Crippen molar-refractivity contribution < 1.29 is 13.2 Å². The largest absolute Gasteiger partial charge is 0.338 e. The summed E-state index contributed by atoms with van der Waals surface area (Å²) < 4.78 is 26.8. The SMILES string of the molecule is CN(c1ccc(C(=O)N2CCCC(C)(C)C2)c(Cl)c1)S(=O)(=O)c1ccccc1. The molecule has 1 heterocycles. The van der Waals surface area contributed by atoms with E-state index in [9.17, 15) is 13.2 Å². The molecule has 1 saturated heterocycles. The topological polar surface area (TPSA) is 57.7 Å². The number of carbonyl (C=O) groups excluding carboxylic acids is 1. The lowest BCUT2D eigenvalue weighted by molar-refractivity contribution is 0.0583. The minimum absolute atomic E-state index is 0.0876. The van der Waals surface area contributed by atoms with Crippen LogP contribution in [0.15, 0.2) is 53.4 Å². The molecule has 0 aliphatic carbocycles. The molecule has 0 aromatic heterocycles. The zero-order valence-corrected chi connectivity index (χ0v) is 17.9. The first kappa shape index (κ1) is 20.7. The first-order chi connectivity index (χ1) is 13.1. The maximum absolute atomic E-state index is 12.9. The molecular formula is C21H25ClN2O3S. The van der Waals surface area contributed by atoms with Crippen LogP contribution in [0.5, 0.6) is 0 Å². The second-order valence-electron chi connectivity index (χ2n) is 7.94. The lowest BCUT2D eigenvalue weighted by Gasteiger charge is -2.38. The van der Waals surface area contributed by atoms with Gasteiger partial charge in [-0.3, -0.25) is 9.10 Å². The Morgan fingerprint density at radius 2 is 1.82 bits per heavy atom. The first-order valence-electron chi connectivity index (χ1n) is 9.25. The summed E-state index contributed by atoms with van der Waals surface area (Å²) in [5.74, 6) is -0.113. The molecule has 1 aliphatic heterocycles. The van der Waals surface area contributed by atoms with Crippen LogP contribution < -0.4 is 4.31 Å². The summed E-state index contributed by atoms with van der Waals surface area (Å²) in [6, 6.07) is 13.0. The molecule has 0 bridgehead atoms. The number of hydrogen-bond acceptors (Lipinski definition) is 3. The van der Waals surface area contributed by atoms with Gasteiger partial charge in [0.2, 0.25) is 0 Å². The Hall–Kier alpha value is -2.05. The van der Waals surface area contributed by atoms with E-state index >= 15 is 0 Å². The molecule has 7 heteroatoms. The summed E-state index contributed by atoms with van der Waals surface area (Å²) in [7, 11) is -2.22. The molecule has 0 N–H and O–H groups in total. The molecule has 0 atom stereocenters. The van der Waals surface area contributed by atoms with Crippen molar-refractivity contribution in [2.45, 2.75) is 31.6 Å². The monoisotopic (exact) mass is 420 g/mol. The maximum atomic E-state index is 12.9. The van der Waals surface area contributed by atoms with Gasteiger partial charge in [-0.25, -0.2) is 8.42 Å². The van der Waals surface area contributed by atoms with Crippen molar-refractivity contribution in [2.24, 2.45) is 5.41 Å². The van der Waals surface area contributed by atoms with E-state index in [1.165, 1.54) is 17.4 Å². The Labute approximate surface area is 172 Å². The molecule has 2 aromatic rings. The third-order valence-electron chi connectivity index (χ3n) is 5.14. The van der Waals surface area contributed by atoms with Crippen LogP contribution in [-0.4, -0.2) is 39.4 Å². The summed E-state index contributed by atoms with van der Waals surface area (Å²) >= 11 is 6.39. The summed E-state index contributed by atoms with van der Waals surface area (Å²) in [6.07, 6.45) is 2.05.